The minimum absolute atomic E-state index is 0.191. The lowest BCUT2D eigenvalue weighted by Crippen LogP contribution is -2.28. The highest BCUT2D eigenvalue weighted by molar-refractivity contribution is 6.18. The van der Waals surface area contributed by atoms with Gasteiger partial charge in [0.05, 0.1) is 6.61 Å². The number of esters is 2. The van der Waals surface area contributed by atoms with Crippen LogP contribution in [0.15, 0.2) is 18.2 Å². The molecule has 1 aromatic rings. The summed E-state index contributed by atoms with van der Waals surface area (Å²) >= 11 is 11.6. The van der Waals surface area contributed by atoms with Gasteiger partial charge in [-0.25, -0.2) is 4.79 Å². The number of halogens is 2. The van der Waals surface area contributed by atoms with Crippen molar-refractivity contribution in [3.05, 3.63) is 23.8 Å². The van der Waals surface area contributed by atoms with Crippen LogP contribution in [-0.2, 0) is 9.53 Å². The summed E-state index contributed by atoms with van der Waals surface area (Å²) in [6.07, 6.45) is 0.217. The number of anilines is 1. The summed E-state index contributed by atoms with van der Waals surface area (Å²) in [7, 11) is 0. The highest BCUT2D eigenvalue weighted by atomic mass is 35.5. The number of ether oxygens (including phenoxy) is 2. The fraction of sp³-hybridized carbons (Fsp3) is 0.500. The number of benzene rings is 1. The van der Waals surface area contributed by atoms with E-state index in [-0.39, 0.29) is 24.3 Å². The van der Waals surface area contributed by atoms with E-state index in [4.69, 9.17) is 32.7 Å². The molecule has 1 aromatic carbocycles. The SMILES string of the molecule is CCOC(=O)c1cc(N(CCCl)CCCl)ccc1OC(=O)CC. The normalized spacial score (nSPS) is 10.3. The predicted octanol–water partition coefficient (Wildman–Crippen LogP) is 3.46. The molecule has 5 nitrogen and oxygen atoms in total. The Balaban J connectivity index is 3.18. The highest BCUT2D eigenvalue weighted by Crippen LogP contribution is 2.26. The third-order valence-electron chi connectivity index (χ3n) is 3.04. The lowest BCUT2D eigenvalue weighted by Gasteiger charge is -2.23. The first-order valence-electron chi connectivity index (χ1n) is 7.46. The summed E-state index contributed by atoms with van der Waals surface area (Å²) in [4.78, 5) is 25.6. The van der Waals surface area contributed by atoms with Gasteiger partial charge in [-0.1, -0.05) is 6.92 Å². The van der Waals surface area contributed by atoms with Gasteiger partial charge in [-0.2, -0.15) is 0 Å². The average molecular weight is 362 g/mol. The van der Waals surface area contributed by atoms with Crippen molar-refractivity contribution in [2.75, 3.05) is 36.4 Å². The van der Waals surface area contributed by atoms with Gasteiger partial charge in [0.1, 0.15) is 11.3 Å². The molecule has 0 heterocycles. The Morgan fingerprint density at radius 1 is 1.13 bits per heavy atom. The van der Waals surface area contributed by atoms with E-state index in [1.807, 2.05) is 4.90 Å². The summed E-state index contributed by atoms with van der Waals surface area (Å²) < 4.78 is 10.2. The van der Waals surface area contributed by atoms with Crippen LogP contribution in [0.25, 0.3) is 0 Å². The van der Waals surface area contributed by atoms with Crippen molar-refractivity contribution in [1.82, 2.24) is 0 Å². The van der Waals surface area contributed by atoms with Gasteiger partial charge in [-0.05, 0) is 25.1 Å². The highest BCUT2D eigenvalue weighted by Gasteiger charge is 2.18. The van der Waals surface area contributed by atoms with Crippen LogP contribution in [0.5, 0.6) is 5.75 Å². The van der Waals surface area contributed by atoms with Crippen LogP contribution < -0.4 is 9.64 Å². The monoisotopic (exact) mass is 361 g/mol. The Morgan fingerprint density at radius 3 is 2.30 bits per heavy atom. The minimum Gasteiger partial charge on any atom is -0.462 e. The number of alkyl halides is 2. The van der Waals surface area contributed by atoms with E-state index in [1.54, 1.807) is 32.0 Å². The van der Waals surface area contributed by atoms with E-state index in [0.29, 0.717) is 24.8 Å². The fourth-order valence-corrected chi connectivity index (χ4v) is 2.35. The maximum atomic E-state index is 12.1. The van der Waals surface area contributed by atoms with E-state index in [0.717, 1.165) is 5.69 Å². The van der Waals surface area contributed by atoms with Gasteiger partial charge in [-0.3, -0.25) is 4.79 Å². The van der Waals surface area contributed by atoms with Crippen molar-refractivity contribution >= 4 is 40.8 Å². The quantitative estimate of drug-likeness (QED) is 0.383. The number of hydrogen-bond acceptors (Lipinski definition) is 5. The average Bonchev–Trinajstić information content (AvgIpc) is 2.55. The van der Waals surface area contributed by atoms with Gasteiger partial charge in [0, 0.05) is 37.0 Å². The molecule has 1 rings (SSSR count). The lowest BCUT2D eigenvalue weighted by atomic mass is 10.1. The minimum atomic E-state index is -0.537. The first-order valence-corrected chi connectivity index (χ1v) is 8.52. The molecule has 0 fully saturated rings. The Labute approximate surface area is 146 Å². The van der Waals surface area contributed by atoms with Gasteiger partial charge >= 0.3 is 11.9 Å². The van der Waals surface area contributed by atoms with Crippen LogP contribution >= 0.6 is 23.2 Å². The third kappa shape index (κ3) is 5.92. The van der Waals surface area contributed by atoms with E-state index >= 15 is 0 Å². The van der Waals surface area contributed by atoms with E-state index in [9.17, 15) is 9.59 Å². The maximum Gasteiger partial charge on any atom is 0.342 e. The van der Waals surface area contributed by atoms with Gasteiger partial charge in [0.2, 0.25) is 0 Å². The number of carbonyl (C=O) groups is 2. The zero-order valence-electron chi connectivity index (χ0n) is 13.3. The molecule has 128 valence electrons. The van der Waals surface area contributed by atoms with Crippen LogP contribution in [0.2, 0.25) is 0 Å². The van der Waals surface area contributed by atoms with Gasteiger partial charge in [0.15, 0.2) is 0 Å². The van der Waals surface area contributed by atoms with Crippen molar-refractivity contribution < 1.29 is 19.1 Å². The molecule has 0 unspecified atom stereocenters. The second-order valence-electron chi connectivity index (χ2n) is 4.59. The van der Waals surface area contributed by atoms with Crippen LogP contribution in [0.3, 0.4) is 0 Å². The molecular formula is C16H21Cl2NO4. The number of hydrogen-bond donors (Lipinski definition) is 0. The van der Waals surface area contributed by atoms with Crippen LogP contribution in [0, 0.1) is 0 Å². The van der Waals surface area contributed by atoms with Crippen molar-refractivity contribution in [3.8, 4) is 5.75 Å². The number of carbonyl (C=O) groups excluding carboxylic acids is 2. The largest absolute Gasteiger partial charge is 0.462 e. The molecule has 0 saturated heterocycles. The zero-order valence-corrected chi connectivity index (χ0v) is 14.8. The molecule has 0 bridgehead atoms. The second-order valence-corrected chi connectivity index (χ2v) is 5.35. The molecular weight excluding hydrogens is 341 g/mol. The molecule has 7 heteroatoms. The van der Waals surface area contributed by atoms with E-state index in [2.05, 4.69) is 0 Å². The second kappa shape index (κ2) is 10.3. The molecule has 0 N–H and O–H groups in total. The molecule has 0 aliphatic heterocycles. The van der Waals surface area contributed by atoms with Crippen molar-refractivity contribution in [2.45, 2.75) is 20.3 Å². The van der Waals surface area contributed by atoms with E-state index < -0.39 is 11.9 Å². The Kier molecular flexibility index (Phi) is 8.81. The summed E-state index contributed by atoms with van der Waals surface area (Å²) in [6.45, 7) is 4.81. The number of nitrogens with zero attached hydrogens (tertiary/aromatic N) is 1. The maximum absolute atomic E-state index is 12.1. The first-order chi connectivity index (χ1) is 11.1. The van der Waals surface area contributed by atoms with Crippen molar-refractivity contribution in [2.24, 2.45) is 0 Å². The van der Waals surface area contributed by atoms with E-state index in [1.165, 1.54) is 0 Å². The van der Waals surface area contributed by atoms with Crippen LogP contribution in [-0.4, -0.2) is 43.4 Å². The Hall–Kier alpha value is -1.46. The summed E-state index contributed by atoms with van der Waals surface area (Å²) in [5.41, 5.74) is 0.978. The lowest BCUT2D eigenvalue weighted by molar-refractivity contribution is -0.134. The predicted molar refractivity (Wildman–Crippen MR) is 92.0 cm³/mol. The summed E-state index contributed by atoms with van der Waals surface area (Å²) in [5.74, 6) is 0.0958. The molecule has 0 spiro atoms. The smallest absolute Gasteiger partial charge is 0.342 e. The van der Waals surface area contributed by atoms with Crippen LogP contribution in [0.1, 0.15) is 30.6 Å². The number of rotatable bonds is 9. The molecule has 0 atom stereocenters. The fourth-order valence-electron chi connectivity index (χ4n) is 1.94. The third-order valence-corrected chi connectivity index (χ3v) is 3.38. The van der Waals surface area contributed by atoms with Gasteiger partial charge in [0.25, 0.3) is 0 Å². The first kappa shape index (κ1) is 19.6. The molecule has 0 aromatic heterocycles. The molecule has 23 heavy (non-hydrogen) atoms. The van der Waals surface area contributed by atoms with Gasteiger partial charge in [-0.15, -0.1) is 23.2 Å². The Morgan fingerprint density at radius 2 is 1.78 bits per heavy atom. The topological polar surface area (TPSA) is 55.8 Å². The standard InChI is InChI=1S/C16H21Cl2NO4/c1-3-15(20)23-14-6-5-12(19(9-7-17)10-8-18)11-13(14)16(21)22-4-2/h5-6,11H,3-4,7-10H2,1-2H3. The van der Waals surface area contributed by atoms with Crippen molar-refractivity contribution in [3.63, 3.8) is 0 Å². The molecule has 0 amide bonds. The summed E-state index contributed by atoms with van der Waals surface area (Å²) in [5, 5.41) is 0. The Bertz CT molecular complexity index is 531. The van der Waals surface area contributed by atoms with Crippen molar-refractivity contribution in [1.29, 1.82) is 0 Å². The van der Waals surface area contributed by atoms with Gasteiger partial charge < -0.3 is 14.4 Å². The molecule has 0 radical (unpaired) electrons. The molecule has 0 aliphatic rings. The molecule has 0 saturated carbocycles. The van der Waals surface area contributed by atoms with Crippen LogP contribution in [0.4, 0.5) is 5.69 Å². The molecule has 0 aliphatic carbocycles. The zero-order chi connectivity index (χ0) is 17.2. The summed E-state index contributed by atoms with van der Waals surface area (Å²) in [6, 6.07) is 4.99.